The van der Waals surface area contributed by atoms with Crippen molar-refractivity contribution in [1.82, 2.24) is 9.88 Å². The Kier molecular flexibility index (Phi) is 6.47. The molecule has 0 spiro atoms. The fourth-order valence-electron chi connectivity index (χ4n) is 3.86. The lowest BCUT2D eigenvalue weighted by Crippen LogP contribution is -2.18. The highest BCUT2D eigenvalue weighted by Gasteiger charge is 2.24. The van der Waals surface area contributed by atoms with Crippen LogP contribution in [-0.2, 0) is 12.1 Å². The number of amides is 1. The van der Waals surface area contributed by atoms with Gasteiger partial charge in [0.1, 0.15) is 22.5 Å². The molecule has 0 saturated carbocycles. The predicted molar refractivity (Wildman–Crippen MR) is 125 cm³/mol. The lowest BCUT2D eigenvalue weighted by molar-refractivity contribution is 0.0778. The van der Waals surface area contributed by atoms with Crippen molar-refractivity contribution >= 4 is 28.1 Å². The van der Waals surface area contributed by atoms with E-state index >= 15 is 0 Å². The van der Waals surface area contributed by atoms with Crippen LogP contribution in [0.4, 0.5) is 19.6 Å². The van der Waals surface area contributed by atoms with Gasteiger partial charge >= 0.3 is 0 Å². The number of primary amides is 1. The molecule has 1 saturated heterocycles. The second-order valence-corrected chi connectivity index (χ2v) is 9.80. The molecule has 4 N–H and O–H groups in total. The molecule has 1 amide bonds. The summed E-state index contributed by atoms with van der Waals surface area (Å²) >= 11 is 1.01. The normalized spacial score (nSPS) is 14.6. The Morgan fingerprint density at radius 1 is 1.21 bits per heavy atom. The van der Waals surface area contributed by atoms with Crippen LogP contribution in [0.2, 0.25) is 0 Å². The number of thiophene rings is 1. The Hall–Kier alpha value is -2.88. The molecule has 0 unspecified atom stereocenters. The van der Waals surface area contributed by atoms with E-state index in [2.05, 4.69) is 15.2 Å². The Morgan fingerprint density at radius 2 is 1.88 bits per heavy atom. The predicted octanol–water partition coefficient (Wildman–Crippen LogP) is 4.75. The fourth-order valence-corrected chi connectivity index (χ4v) is 4.98. The van der Waals surface area contributed by atoms with Crippen molar-refractivity contribution < 1.29 is 18.7 Å². The van der Waals surface area contributed by atoms with Gasteiger partial charge in [-0.3, -0.25) is 9.69 Å². The summed E-state index contributed by atoms with van der Waals surface area (Å²) in [4.78, 5) is 19.0. The lowest BCUT2D eigenvalue weighted by Gasteiger charge is -2.18. The highest BCUT2D eigenvalue weighted by atomic mass is 32.1. The quantitative estimate of drug-likeness (QED) is 0.461. The topological polar surface area (TPSA) is 91.5 Å². The van der Waals surface area contributed by atoms with Gasteiger partial charge in [0.2, 0.25) is 0 Å². The lowest BCUT2D eigenvalue weighted by atomic mass is 9.96. The summed E-state index contributed by atoms with van der Waals surface area (Å²) in [7, 11) is 0. The van der Waals surface area contributed by atoms with Crippen LogP contribution in [0.15, 0.2) is 36.5 Å². The molecule has 2 aromatic heterocycles. The van der Waals surface area contributed by atoms with Gasteiger partial charge in [-0.2, -0.15) is 0 Å². The largest absolute Gasteiger partial charge is 0.386 e. The number of halogens is 2. The van der Waals surface area contributed by atoms with Gasteiger partial charge in [0, 0.05) is 17.6 Å². The van der Waals surface area contributed by atoms with Crippen molar-refractivity contribution in [3.8, 4) is 10.4 Å². The number of carbonyl (C=O) groups excluding carboxylic acids is 1. The molecule has 4 rings (SSSR count). The molecular formula is C24H26F2N4O2S. The number of nitrogens with two attached hydrogens (primary N) is 1. The number of benzene rings is 1. The van der Waals surface area contributed by atoms with E-state index in [-0.39, 0.29) is 21.6 Å². The monoisotopic (exact) mass is 472 g/mol. The number of rotatable bonds is 7. The van der Waals surface area contributed by atoms with Crippen molar-refractivity contribution in [3.05, 3.63) is 64.9 Å². The number of anilines is 2. The number of aromatic nitrogens is 1. The fraction of sp³-hybridized carbons (Fsp3) is 0.333. The Bertz CT molecular complexity index is 1140. The maximum atomic E-state index is 14.8. The van der Waals surface area contributed by atoms with E-state index in [9.17, 15) is 18.7 Å². The van der Waals surface area contributed by atoms with Gasteiger partial charge in [0.25, 0.3) is 5.91 Å². The molecular weight excluding hydrogens is 446 g/mol. The molecule has 9 heteroatoms. The van der Waals surface area contributed by atoms with Gasteiger partial charge < -0.3 is 16.2 Å². The van der Waals surface area contributed by atoms with Crippen LogP contribution in [0, 0.1) is 11.6 Å². The van der Waals surface area contributed by atoms with Crippen LogP contribution in [0.25, 0.3) is 10.4 Å². The Balaban J connectivity index is 1.61. The number of likely N-dealkylation sites (tertiary alicyclic amines) is 1. The van der Waals surface area contributed by atoms with E-state index < -0.39 is 23.1 Å². The first kappa shape index (κ1) is 23.3. The number of pyridine rings is 1. The second-order valence-electron chi connectivity index (χ2n) is 8.75. The van der Waals surface area contributed by atoms with Gasteiger partial charge in [-0.1, -0.05) is 6.07 Å². The molecule has 33 heavy (non-hydrogen) atoms. The number of hydrogen-bond acceptors (Lipinski definition) is 6. The molecule has 1 aliphatic heterocycles. The second kappa shape index (κ2) is 9.17. The van der Waals surface area contributed by atoms with Gasteiger partial charge in [0.15, 0.2) is 0 Å². The van der Waals surface area contributed by atoms with Crippen molar-refractivity contribution in [1.29, 1.82) is 0 Å². The molecule has 174 valence electrons. The summed E-state index contributed by atoms with van der Waals surface area (Å²) < 4.78 is 29.6. The molecule has 0 atom stereocenters. The van der Waals surface area contributed by atoms with Crippen LogP contribution in [0.5, 0.6) is 0 Å². The number of carbonyl (C=O) groups is 1. The van der Waals surface area contributed by atoms with Crippen LogP contribution < -0.4 is 11.1 Å². The van der Waals surface area contributed by atoms with E-state index in [1.54, 1.807) is 12.3 Å². The summed E-state index contributed by atoms with van der Waals surface area (Å²) in [6.45, 7) is 5.90. The summed E-state index contributed by atoms with van der Waals surface area (Å²) in [5, 5.41) is 13.5. The number of aliphatic hydroxyl groups is 1. The van der Waals surface area contributed by atoms with Crippen molar-refractivity contribution in [2.45, 2.75) is 38.8 Å². The maximum Gasteiger partial charge on any atom is 0.251 e. The van der Waals surface area contributed by atoms with E-state index in [1.807, 2.05) is 6.07 Å². The first-order chi connectivity index (χ1) is 15.6. The zero-order valence-corrected chi connectivity index (χ0v) is 19.3. The summed E-state index contributed by atoms with van der Waals surface area (Å²) in [5.74, 6) is -1.89. The molecule has 1 fully saturated rings. The van der Waals surface area contributed by atoms with Gasteiger partial charge in [0.05, 0.1) is 16.7 Å². The standard InChI is InChI=1S/C24H26F2N4O2S/c1-24(2,32)15-9-17(25)21(18(26)10-15)19-11-16(22(27)31)23(33-19)29-20-6-5-14(12-28-20)13-30-7-3-4-8-30/h5-6,9-12,32H,3-4,7-8,13H2,1-2H3,(H2,27,31)(H,28,29). The van der Waals surface area contributed by atoms with Crippen molar-refractivity contribution in [2.24, 2.45) is 5.73 Å². The van der Waals surface area contributed by atoms with E-state index in [4.69, 9.17) is 5.73 Å². The summed E-state index contributed by atoms with van der Waals surface area (Å²) in [6, 6.07) is 7.31. The van der Waals surface area contributed by atoms with Crippen LogP contribution >= 0.6 is 11.3 Å². The SMILES string of the molecule is CC(C)(O)c1cc(F)c(-c2cc(C(N)=O)c(Nc3ccc(CN4CCCC4)cn3)s2)c(F)c1. The molecule has 1 aromatic carbocycles. The number of hydrogen-bond donors (Lipinski definition) is 3. The molecule has 3 heterocycles. The number of nitrogens with one attached hydrogen (secondary N) is 1. The smallest absolute Gasteiger partial charge is 0.251 e. The van der Waals surface area contributed by atoms with E-state index in [1.165, 1.54) is 32.8 Å². The van der Waals surface area contributed by atoms with Gasteiger partial charge in [-0.25, -0.2) is 13.8 Å². The van der Waals surface area contributed by atoms with Gasteiger partial charge in [-0.15, -0.1) is 11.3 Å². The third-order valence-corrected chi connectivity index (χ3v) is 6.73. The van der Waals surface area contributed by atoms with E-state index in [0.717, 1.165) is 48.7 Å². The third-order valence-electron chi connectivity index (χ3n) is 5.66. The van der Waals surface area contributed by atoms with E-state index in [0.29, 0.717) is 10.8 Å². The molecule has 0 bridgehead atoms. The third kappa shape index (κ3) is 5.21. The maximum absolute atomic E-state index is 14.8. The highest BCUT2D eigenvalue weighted by Crippen LogP contribution is 2.40. The average Bonchev–Trinajstić information content (AvgIpc) is 3.38. The average molecular weight is 473 g/mol. The molecule has 3 aromatic rings. The number of nitrogens with zero attached hydrogens (tertiary/aromatic N) is 2. The first-order valence-electron chi connectivity index (χ1n) is 10.7. The van der Waals surface area contributed by atoms with Crippen molar-refractivity contribution in [2.75, 3.05) is 18.4 Å². The molecule has 1 aliphatic rings. The minimum absolute atomic E-state index is 0.114. The van der Waals surface area contributed by atoms with Gasteiger partial charge in [-0.05, 0) is 75.2 Å². The minimum atomic E-state index is -1.40. The van der Waals surface area contributed by atoms with Crippen LogP contribution in [-0.4, -0.2) is 34.0 Å². The first-order valence-corrected chi connectivity index (χ1v) is 11.5. The van der Waals surface area contributed by atoms with Crippen molar-refractivity contribution in [3.63, 3.8) is 0 Å². The molecule has 6 nitrogen and oxygen atoms in total. The molecule has 0 aliphatic carbocycles. The van der Waals surface area contributed by atoms with Crippen LogP contribution in [0.1, 0.15) is 48.2 Å². The zero-order chi connectivity index (χ0) is 23.8. The Labute approximate surface area is 195 Å². The van der Waals surface area contributed by atoms with Crippen LogP contribution in [0.3, 0.4) is 0 Å². The zero-order valence-electron chi connectivity index (χ0n) is 18.5. The Morgan fingerprint density at radius 3 is 2.42 bits per heavy atom. The minimum Gasteiger partial charge on any atom is -0.386 e. The highest BCUT2D eigenvalue weighted by molar-refractivity contribution is 7.20. The summed E-state index contributed by atoms with van der Waals surface area (Å²) in [6.07, 6.45) is 4.20. The molecule has 0 radical (unpaired) electrons. The summed E-state index contributed by atoms with van der Waals surface area (Å²) in [5.41, 5.74) is 5.15.